The summed E-state index contributed by atoms with van der Waals surface area (Å²) in [6, 6.07) is 15.3. The second-order valence-corrected chi connectivity index (χ2v) is 9.24. The Morgan fingerprint density at radius 2 is 1.79 bits per heavy atom. The first-order valence-corrected chi connectivity index (χ1v) is 12.1. The van der Waals surface area contributed by atoms with Gasteiger partial charge in [-0.25, -0.2) is 4.79 Å². The van der Waals surface area contributed by atoms with Gasteiger partial charge in [0.05, 0.1) is 6.67 Å². The van der Waals surface area contributed by atoms with E-state index < -0.39 is 5.97 Å². The first kappa shape index (κ1) is 22.5. The zero-order valence-electron chi connectivity index (χ0n) is 19.4. The van der Waals surface area contributed by atoms with Crippen molar-refractivity contribution in [1.82, 2.24) is 14.4 Å². The molecule has 2 aliphatic rings. The molecule has 2 aliphatic heterocycles. The van der Waals surface area contributed by atoms with E-state index in [-0.39, 0.29) is 11.5 Å². The number of hydrogen-bond acceptors (Lipinski definition) is 4. The van der Waals surface area contributed by atoms with Gasteiger partial charge in [0, 0.05) is 36.6 Å². The monoisotopic (exact) mass is 461 g/mol. The summed E-state index contributed by atoms with van der Waals surface area (Å²) in [6.07, 6.45) is 6.03. The van der Waals surface area contributed by atoms with E-state index in [4.69, 9.17) is 4.74 Å². The van der Waals surface area contributed by atoms with Crippen LogP contribution in [0.2, 0.25) is 0 Å². The Hall–Kier alpha value is -3.32. The van der Waals surface area contributed by atoms with Gasteiger partial charge < -0.3 is 19.3 Å². The van der Waals surface area contributed by atoms with Gasteiger partial charge in [-0.15, -0.1) is 0 Å². The molecule has 1 amide bonds. The molecule has 0 bridgehead atoms. The zero-order valence-corrected chi connectivity index (χ0v) is 19.4. The molecule has 0 spiro atoms. The average Bonchev–Trinajstić information content (AvgIpc) is 3.43. The minimum atomic E-state index is -0.968. The van der Waals surface area contributed by atoms with E-state index in [1.807, 2.05) is 4.90 Å². The van der Waals surface area contributed by atoms with E-state index in [1.165, 1.54) is 16.5 Å². The molecule has 34 heavy (non-hydrogen) atoms. The van der Waals surface area contributed by atoms with Crippen molar-refractivity contribution in [2.45, 2.75) is 38.3 Å². The maximum absolute atomic E-state index is 12.2. The van der Waals surface area contributed by atoms with Crippen molar-refractivity contribution in [3.8, 4) is 5.75 Å². The van der Waals surface area contributed by atoms with Crippen LogP contribution >= 0.6 is 0 Å². The molecular formula is C27H31N3O4. The summed E-state index contributed by atoms with van der Waals surface area (Å²) >= 11 is 0. The van der Waals surface area contributed by atoms with Crippen LogP contribution in [0, 0.1) is 0 Å². The Morgan fingerprint density at radius 1 is 1.03 bits per heavy atom. The molecule has 2 aromatic carbocycles. The van der Waals surface area contributed by atoms with Gasteiger partial charge in [-0.05, 0) is 62.0 Å². The summed E-state index contributed by atoms with van der Waals surface area (Å²) in [5.41, 5.74) is 2.78. The highest BCUT2D eigenvalue weighted by atomic mass is 16.5. The van der Waals surface area contributed by atoms with E-state index in [1.54, 1.807) is 24.3 Å². The van der Waals surface area contributed by atoms with Gasteiger partial charge in [-0.1, -0.05) is 30.3 Å². The van der Waals surface area contributed by atoms with Crippen molar-refractivity contribution in [1.29, 1.82) is 0 Å². The van der Waals surface area contributed by atoms with Gasteiger partial charge in [0.1, 0.15) is 17.9 Å². The van der Waals surface area contributed by atoms with E-state index in [2.05, 4.69) is 39.9 Å². The SMILES string of the molecule is O=C(O)c1ccccc1OCCN1CCC(c2cn(CN3CCCC3=O)c3ccccc23)CC1. The molecule has 7 nitrogen and oxygen atoms in total. The van der Waals surface area contributed by atoms with Crippen LogP contribution in [-0.4, -0.2) is 64.1 Å². The number of hydrogen-bond donors (Lipinski definition) is 1. The fraction of sp³-hybridized carbons (Fsp3) is 0.407. The second kappa shape index (κ2) is 9.89. The third-order valence-corrected chi connectivity index (χ3v) is 7.12. The number of carboxylic acids is 1. The number of aromatic carboxylic acids is 1. The summed E-state index contributed by atoms with van der Waals surface area (Å²) in [6.45, 7) is 4.69. The number of nitrogens with zero attached hydrogens (tertiary/aromatic N) is 3. The fourth-order valence-corrected chi connectivity index (χ4v) is 5.28. The number of para-hydroxylation sites is 2. The zero-order chi connectivity index (χ0) is 23.5. The molecule has 1 N–H and O–H groups in total. The first-order valence-electron chi connectivity index (χ1n) is 12.1. The van der Waals surface area contributed by atoms with Crippen LogP contribution in [-0.2, 0) is 11.5 Å². The van der Waals surface area contributed by atoms with E-state index in [0.29, 0.717) is 31.4 Å². The summed E-state index contributed by atoms with van der Waals surface area (Å²) in [5, 5.41) is 10.6. The topological polar surface area (TPSA) is 75.0 Å². The Morgan fingerprint density at radius 3 is 2.56 bits per heavy atom. The Labute approximate surface area is 199 Å². The predicted octanol–water partition coefficient (Wildman–Crippen LogP) is 4.18. The third kappa shape index (κ3) is 4.66. The van der Waals surface area contributed by atoms with Crippen LogP contribution in [0.25, 0.3) is 10.9 Å². The first-order chi connectivity index (χ1) is 16.6. The number of carboxylic acid groups (broad SMARTS) is 1. The average molecular weight is 462 g/mol. The van der Waals surface area contributed by atoms with Crippen LogP contribution in [0.5, 0.6) is 5.75 Å². The molecular weight excluding hydrogens is 430 g/mol. The number of benzene rings is 2. The molecule has 0 aliphatic carbocycles. The number of amides is 1. The lowest BCUT2D eigenvalue weighted by atomic mass is 9.89. The Balaban J connectivity index is 1.20. The Kier molecular flexibility index (Phi) is 6.54. The summed E-state index contributed by atoms with van der Waals surface area (Å²) < 4.78 is 8.03. The minimum Gasteiger partial charge on any atom is -0.491 e. The van der Waals surface area contributed by atoms with Crippen molar-refractivity contribution >= 4 is 22.8 Å². The molecule has 3 aromatic rings. The molecule has 5 rings (SSSR count). The van der Waals surface area contributed by atoms with Crippen LogP contribution in [0.3, 0.4) is 0 Å². The van der Waals surface area contributed by atoms with Gasteiger partial charge in [-0.3, -0.25) is 9.69 Å². The summed E-state index contributed by atoms with van der Waals surface area (Å²) in [4.78, 5) is 27.9. The largest absolute Gasteiger partial charge is 0.491 e. The van der Waals surface area contributed by atoms with Crippen molar-refractivity contribution < 1.29 is 19.4 Å². The van der Waals surface area contributed by atoms with Crippen LogP contribution in [0.15, 0.2) is 54.7 Å². The molecule has 7 heteroatoms. The molecule has 0 radical (unpaired) electrons. The normalized spacial score (nSPS) is 17.5. The van der Waals surface area contributed by atoms with E-state index in [9.17, 15) is 14.7 Å². The van der Waals surface area contributed by atoms with Gasteiger partial charge in [0.15, 0.2) is 0 Å². The number of rotatable bonds is 8. The molecule has 0 unspecified atom stereocenters. The van der Waals surface area contributed by atoms with E-state index >= 15 is 0 Å². The number of likely N-dealkylation sites (tertiary alicyclic amines) is 2. The van der Waals surface area contributed by atoms with Crippen molar-refractivity contribution in [3.05, 3.63) is 65.9 Å². The number of carbonyl (C=O) groups excluding carboxylic acids is 1. The maximum atomic E-state index is 12.2. The lowest BCUT2D eigenvalue weighted by Crippen LogP contribution is -2.36. The molecule has 178 valence electrons. The lowest BCUT2D eigenvalue weighted by Gasteiger charge is -2.31. The predicted molar refractivity (Wildman–Crippen MR) is 130 cm³/mol. The minimum absolute atomic E-state index is 0.202. The quantitative estimate of drug-likeness (QED) is 0.545. The third-order valence-electron chi connectivity index (χ3n) is 7.12. The van der Waals surface area contributed by atoms with Crippen molar-refractivity contribution in [2.75, 3.05) is 32.8 Å². The highest BCUT2D eigenvalue weighted by Crippen LogP contribution is 2.35. The lowest BCUT2D eigenvalue weighted by molar-refractivity contribution is -0.129. The number of fused-ring (bicyclic) bond motifs is 1. The number of ether oxygens (including phenoxy) is 1. The van der Waals surface area contributed by atoms with Crippen LogP contribution in [0.4, 0.5) is 0 Å². The van der Waals surface area contributed by atoms with Gasteiger partial charge in [-0.2, -0.15) is 0 Å². The summed E-state index contributed by atoms with van der Waals surface area (Å²) in [7, 11) is 0. The van der Waals surface area contributed by atoms with Crippen molar-refractivity contribution in [3.63, 3.8) is 0 Å². The smallest absolute Gasteiger partial charge is 0.339 e. The number of aromatic nitrogens is 1. The molecule has 3 heterocycles. The second-order valence-electron chi connectivity index (χ2n) is 9.24. The standard InChI is InChI=1S/C27H31N3O4/c31-26-10-5-13-29(26)19-30-18-23(21-6-1-3-8-24(21)30)20-11-14-28(15-12-20)16-17-34-25-9-4-2-7-22(25)27(32)33/h1-4,6-9,18,20H,5,10-17,19H2,(H,32,33). The Bertz CT molecular complexity index is 1180. The van der Waals surface area contributed by atoms with Gasteiger partial charge in [0.2, 0.25) is 5.91 Å². The number of carbonyl (C=O) groups is 2. The highest BCUT2D eigenvalue weighted by Gasteiger charge is 2.25. The molecule has 1 aromatic heterocycles. The summed E-state index contributed by atoms with van der Waals surface area (Å²) in [5.74, 6) is 0.199. The van der Waals surface area contributed by atoms with E-state index in [0.717, 1.165) is 45.4 Å². The van der Waals surface area contributed by atoms with Crippen LogP contribution in [0.1, 0.15) is 47.5 Å². The van der Waals surface area contributed by atoms with Gasteiger partial charge in [0.25, 0.3) is 0 Å². The molecule has 2 saturated heterocycles. The molecule has 0 atom stereocenters. The highest BCUT2D eigenvalue weighted by molar-refractivity contribution is 5.90. The molecule has 0 saturated carbocycles. The molecule has 2 fully saturated rings. The number of piperidine rings is 1. The maximum Gasteiger partial charge on any atom is 0.339 e. The van der Waals surface area contributed by atoms with Gasteiger partial charge >= 0.3 is 5.97 Å². The van der Waals surface area contributed by atoms with Crippen LogP contribution < -0.4 is 4.74 Å². The fourth-order valence-electron chi connectivity index (χ4n) is 5.28. The van der Waals surface area contributed by atoms with Crippen molar-refractivity contribution in [2.24, 2.45) is 0 Å².